The highest BCUT2D eigenvalue weighted by atomic mass is 32.2. The first-order valence-corrected chi connectivity index (χ1v) is 6.31. The smallest absolute Gasteiger partial charge is 0.325 e. The van der Waals surface area contributed by atoms with E-state index in [0.29, 0.717) is 6.42 Å². The van der Waals surface area contributed by atoms with Crippen molar-refractivity contribution in [3.8, 4) is 0 Å². The predicted molar refractivity (Wildman–Crippen MR) is 66.6 cm³/mol. The number of esters is 1. The second kappa shape index (κ2) is 6.56. The highest BCUT2D eigenvalue weighted by molar-refractivity contribution is 7.99. The van der Waals surface area contributed by atoms with Gasteiger partial charge in [0.2, 0.25) is 0 Å². The van der Waals surface area contributed by atoms with E-state index in [1.807, 2.05) is 0 Å². The number of aromatic nitrogens is 2. The number of thioether (sulfide) groups is 1. The van der Waals surface area contributed by atoms with E-state index >= 15 is 0 Å². The molecule has 1 atom stereocenters. The fourth-order valence-corrected chi connectivity index (χ4v) is 2.08. The van der Waals surface area contributed by atoms with Crippen LogP contribution in [0.3, 0.4) is 0 Å². The zero-order chi connectivity index (χ0) is 12.7. The molecule has 0 saturated heterocycles. The molecule has 6 heteroatoms. The molecule has 0 bridgehead atoms. The Morgan fingerprint density at radius 2 is 2.35 bits per heavy atom. The highest BCUT2D eigenvalue weighted by Gasteiger charge is 2.28. The number of nitrogens with two attached hydrogens (primary N) is 1. The van der Waals surface area contributed by atoms with Gasteiger partial charge in [-0.3, -0.25) is 9.78 Å². The van der Waals surface area contributed by atoms with Crippen LogP contribution in [0.1, 0.15) is 19.8 Å². The summed E-state index contributed by atoms with van der Waals surface area (Å²) in [5.74, 6) is 0.477. The Labute approximate surface area is 105 Å². The molecule has 1 unspecified atom stereocenters. The minimum absolute atomic E-state index is 0.373. The van der Waals surface area contributed by atoms with Gasteiger partial charge in [0.1, 0.15) is 10.6 Å². The number of carbonyl (C=O) groups excluding carboxylic acids is 1. The van der Waals surface area contributed by atoms with E-state index in [9.17, 15) is 4.79 Å². The standard InChI is InChI=1S/C11H17N3O2S/c1-11(12,10(15)16-2)4-3-7-17-9-8-13-5-6-14-9/h5-6,8H,3-4,7,12H2,1-2H3. The van der Waals surface area contributed by atoms with Gasteiger partial charge in [0, 0.05) is 12.4 Å². The van der Waals surface area contributed by atoms with Crippen molar-refractivity contribution in [2.24, 2.45) is 5.73 Å². The lowest BCUT2D eigenvalue weighted by Crippen LogP contribution is -2.45. The van der Waals surface area contributed by atoms with Gasteiger partial charge in [-0.1, -0.05) is 0 Å². The van der Waals surface area contributed by atoms with Gasteiger partial charge >= 0.3 is 5.97 Å². The van der Waals surface area contributed by atoms with Crippen LogP contribution < -0.4 is 5.73 Å². The van der Waals surface area contributed by atoms with Gasteiger partial charge in [-0.05, 0) is 25.5 Å². The fourth-order valence-electron chi connectivity index (χ4n) is 1.31. The first kappa shape index (κ1) is 13.9. The summed E-state index contributed by atoms with van der Waals surface area (Å²) >= 11 is 1.60. The predicted octanol–water partition coefficient (Wildman–Crippen LogP) is 1.24. The van der Waals surface area contributed by atoms with Gasteiger partial charge < -0.3 is 10.5 Å². The van der Waals surface area contributed by atoms with E-state index in [-0.39, 0.29) is 5.97 Å². The first-order valence-electron chi connectivity index (χ1n) is 5.32. The normalized spacial score (nSPS) is 14.1. The lowest BCUT2D eigenvalue weighted by molar-refractivity contribution is -0.146. The van der Waals surface area contributed by atoms with Crippen LogP contribution in [-0.4, -0.2) is 34.3 Å². The van der Waals surface area contributed by atoms with Crippen molar-refractivity contribution >= 4 is 17.7 Å². The summed E-state index contributed by atoms with van der Waals surface area (Å²) in [6, 6.07) is 0. The van der Waals surface area contributed by atoms with E-state index < -0.39 is 5.54 Å². The molecule has 2 N–H and O–H groups in total. The van der Waals surface area contributed by atoms with E-state index in [0.717, 1.165) is 17.2 Å². The van der Waals surface area contributed by atoms with E-state index in [2.05, 4.69) is 14.7 Å². The number of carbonyl (C=O) groups is 1. The zero-order valence-electron chi connectivity index (χ0n) is 10.0. The molecule has 0 spiro atoms. The molecule has 0 aromatic carbocycles. The van der Waals surface area contributed by atoms with Crippen molar-refractivity contribution in [3.05, 3.63) is 18.6 Å². The van der Waals surface area contributed by atoms with Crippen LogP contribution in [0.2, 0.25) is 0 Å². The van der Waals surface area contributed by atoms with Crippen molar-refractivity contribution in [1.82, 2.24) is 9.97 Å². The summed E-state index contributed by atoms with van der Waals surface area (Å²) in [6.07, 6.45) is 6.42. The molecule has 1 heterocycles. The molecule has 0 aliphatic heterocycles. The van der Waals surface area contributed by atoms with Crippen LogP contribution in [-0.2, 0) is 9.53 Å². The third-order valence-electron chi connectivity index (χ3n) is 2.28. The Hall–Kier alpha value is -1.14. The van der Waals surface area contributed by atoms with Gasteiger partial charge in [0.15, 0.2) is 0 Å². The fraction of sp³-hybridized carbons (Fsp3) is 0.545. The van der Waals surface area contributed by atoms with Crippen molar-refractivity contribution in [1.29, 1.82) is 0 Å². The summed E-state index contributed by atoms with van der Waals surface area (Å²) < 4.78 is 4.64. The summed E-state index contributed by atoms with van der Waals surface area (Å²) in [7, 11) is 1.35. The largest absolute Gasteiger partial charge is 0.468 e. The molecule has 0 aliphatic rings. The summed E-state index contributed by atoms with van der Waals surface area (Å²) in [5, 5.41) is 0.879. The second-order valence-corrected chi connectivity index (χ2v) is 5.02. The van der Waals surface area contributed by atoms with Crippen LogP contribution in [0.25, 0.3) is 0 Å². The molecule has 0 aliphatic carbocycles. The monoisotopic (exact) mass is 255 g/mol. The van der Waals surface area contributed by atoms with Crippen LogP contribution in [0.5, 0.6) is 0 Å². The lowest BCUT2D eigenvalue weighted by atomic mass is 9.98. The number of hydrogen-bond acceptors (Lipinski definition) is 6. The number of methoxy groups -OCH3 is 1. The van der Waals surface area contributed by atoms with E-state index in [4.69, 9.17) is 5.73 Å². The number of ether oxygens (including phenoxy) is 1. The molecule has 17 heavy (non-hydrogen) atoms. The Balaban J connectivity index is 2.27. The molecule has 5 nitrogen and oxygen atoms in total. The SMILES string of the molecule is COC(=O)C(C)(N)CCCSc1cnccn1. The summed E-state index contributed by atoms with van der Waals surface area (Å²) in [5.41, 5.74) is 4.93. The maximum absolute atomic E-state index is 11.3. The Bertz CT molecular complexity index is 357. The minimum atomic E-state index is -0.905. The molecular formula is C11H17N3O2S. The van der Waals surface area contributed by atoms with Gasteiger partial charge in [0.25, 0.3) is 0 Å². The molecule has 0 saturated carbocycles. The second-order valence-electron chi connectivity index (χ2n) is 3.90. The van der Waals surface area contributed by atoms with Crippen molar-refractivity contribution < 1.29 is 9.53 Å². The summed E-state index contributed by atoms with van der Waals surface area (Å²) in [6.45, 7) is 1.69. The Morgan fingerprint density at radius 3 is 2.94 bits per heavy atom. The van der Waals surface area contributed by atoms with E-state index in [1.54, 1.807) is 37.3 Å². The summed E-state index contributed by atoms with van der Waals surface area (Å²) in [4.78, 5) is 19.4. The van der Waals surface area contributed by atoms with Crippen LogP contribution in [0, 0.1) is 0 Å². The van der Waals surface area contributed by atoms with Crippen molar-refractivity contribution in [3.63, 3.8) is 0 Å². The highest BCUT2D eigenvalue weighted by Crippen LogP contribution is 2.18. The molecule has 0 fully saturated rings. The molecule has 94 valence electrons. The zero-order valence-corrected chi connectivity index (χ0v) is 10.9. The maximum Gasteiger partial charge on any atom is 0.325 e. The molecule has 0 amide bonds. The van der Waals surface area contributed by atoms with Crippen LogP contribution in [0.15, 0.2) is 23.6 Å². The van der Waals surface area contributed by atoms with Crippen LogP contribution in [0.4, 0.5) is 0 Å². The van der Waals surface area contributed by atoms with Crippen molar-refractivity contribution in [2.45, 2.75) is 30.3 Å². The average molecular weight is 255 g/mol. The Kier molecular flexibility index (Phi) is 5.37. The first-order chi connectivity index (χ1) is 8.06. The number of hydrogen-bond donors (Lipinski definition) is 1. The number of rotatable bonds is 6. The Morgan fingerprint density at radius 1 is 1.59 bits per heavy atom. The molecule has 1 aromatic heterocycles. The van der Waals surface area contributed by atoms with Gasteiger partial charge in [-0.2, -0.15) is 0 Å². The molecule has 1 rings (SSSR count). The lowest BCUT2D eigenvalue weighted by Gasteiger charge is -2.20. The third kappa shape index (κ3) is 4.70. The van der Waals surface area contributed by atoms with Gasteiger partial charge in [-0.25, -0.2) is 4.98 Å². The molecule has 0 radical (unpaired) electrons. The topological polar surface area (TPSA) is 78.1 Å². The van der Waals surface area contributed by atoms with E-state index in [1.165, 1.54) is 7.11 Å². The quantitative estimate of drug-likeness (QED) is 0.468. The van der Waals surface area contributed by atoms with Crippen LogP contribution >= 0.6 is 11.8 Å². The van der Waals surface area contributed by atoms with Gasteiger partial charge in [-0.15, -0.1) is 11.8 Å². The molecule has 1 aromatic rings. The maximum atomic E-state index is 11.3. The van der Waals surface area contributed by atoms with Crippen molar-refractivity contribution in [2.75, 3.05) is 12.9 Å². The molecular weight excluding hydrogens is 238 g/mol. The van der Waals surface area contributed by atoms with Gasteiger partial charge in [0.05, 0.1) is 13.3 Å². The number of nitrogens with zero attached hydrogens (tertiary/aromatic N) is 2. The average Bonchev–Trinajstić information content (AvgIpc) is 2.35. The minimum Gasteiger partial charge on any atom is -0.468 e. The third-order valence-corrected chi connectivity index (χ3v) is 3.28.